The van der Waals surface area contributed by atoms with E-state index in [1.165, 1.54) is 18.2 Å². The zero-order chi connectivity index (χ0) is 17.7. The Bertz CT molecular complexity index is 764. The molecular weight excluding hydrogens is 330 g/mol. The molecule has 0 aromatic heterocycles. The topological polar surface area (TPSA) is 75.5 Å². The average molecular weight is 348 g/mol. The third-order valence-corrected chi connectivity index (χ3v) is 3.88. The molecule has 0 spiro atoms. The maximum Gasteiger partial charge on any atom is 0.269 e. The van der Waals surface area contributed by atoms with Crippen LogP contribution in [-0.2, 0) is 11.3 Å². The van der Waals surface area contributed by atoms with Gasteiger partial charge in [0.1, 0.15) is 0 Å². The SMILES string of the molecule is Cc1ccccc1NC(=O)CN(C)Cc1cc([N+](=O)[O-])ccc1Cl. The van der Waals surface area contributed by atoms with Crippen LogP contribution < -0.4 is 5.32 Å². The quantitative estimate of drug-likeness (QED) is 0.639. The first-order valence-corrected chi connectivity index (χ1v) is 7.71. The summed E-state index contributed by atoms with van der Waals surface area (Å²) < 4.78 is 0. The van der Waals surface area contributed by atoms with Crippen LogP contribution in [0.15, 0.2) is 42.5 Å². The Morgan fingerprint density at radius 1 is 1.29 bits per heavy atom. The molecule has 1 amide bonds. The van der Waals surface area contributed by atoms with Gasteiger partial charge in [0.25, 0.3) is 5.69 Å². The number of para-hydroxylation sites is 1. The Morgan fingerprint density at radius 2 is 2.00 bits per heavy atom. The van der Waals surface area contributed by atoms with Crippen molar-refractivity contribution >= 4 is 28.9 Å². The molecule has 0 saturated heterocycles. The van der Waals surface area contributed by atoms with E-state index in [1.54, 1.807) is 11.9 Å². The molecule has 0 fully saturated rings. The second kappa shape index (κ2) is 7.90. The molecule has 1 N–H and O–H groups in total. The maximum absolute atomic E-state index is 12.1. The second-order valence-electron chi connectivity index (χ2n) is 5.57. The number of hydrogen-bond donors (Lipinski definition) is 1. The average Bonchev–Trinajstić information content (AvgIpc) is 2.51. The minimum absolute atomic E-state index is 0.0211. The normalized spacial score (nSPS) is 10.7. The van der Waals surface area contributed by atoms with E-state index in [2.05, 4.69) is 5.32 Å². The summed E-state index contributed by atoms with van der Waals surface area (Å²) in [4.78, 5) is 24.3. The van der Waals surface area contributed by atoms with Gasteiger partial charge >= 0.3 is 0 Å². The minimum Gasteiger partial charge on any atom is -0.325 e. The van der Waals surface area contributed by atoms with E-state index < -0.39 is 4.92 Å². The van der Waals surface area contributed by atoms with Gasteiger partial charge in [-0.05, 0) is 37.2 Å². The number of halogens is 1. The first kappa shape index (κ1) is 17.9. The Labute approximate surface area is 145 Å². The smallest absolute Gasteiger partial charge is 0.269 e. The van der Waals surface area contributed by atoms with E-state index in [4.69, 9.17) is 11.6 Å². The van der Waals surface area contributed by atoms with E-state index in [0.29, 0.717) is 17.1 Å². The van der Waals surface area contributed by atoms with Crippen molar-refractivity contribution in [1.82, 2.24) is 4.90 Å². The molecule has 0 heterocycles. The summed E-state index contributed by atoms with van der Waals surface area (Å²) >= 11 is 6.08. The molecule has 0 radical (unpaired) electrons. The van der Waals surface area contributed by atoms with Gasteiger partial charge in [0.15, 0.2) is 0 Å². The number of amides is 1. The lowest BCUT2D eigenvalue weighted by Gasteiger charge is -2.17. The van der Waals surface area contributed by atoms with Crippen molar-refractivity contribution in [1.29, 1.82) is 0 Å². The van der Waals surface area contributed by atoms with Crippen LogP contribution in [0.1, 0.15) is 11.1 Å². The fourth-order valence-corrected chi connectivity index (χ4v) is 2.47. The predicted octanol–water partition coefficient (Wildman–Crippen LogP) is 3.63. The zero-order valence-electron chi connectivity index (χ0n) is 13.5. The Hall–Kier alpha value is -2.44. The van der Waals surface area contributed by atoms with Crippen LogP contribution in [0.3, 0.4) is 0 Å². The van der Waals surface area contributed by atoms with Crippen molar-refractivity contribution in [2.45, 2.75) is 13.5 Å². The van der Waals surface area contributed by atoms with Gasteiger partial charge in [-0.1, -0.05) is 29.8 Å². The van der Waals surface area contributed by atoms with Gasteiger partial charge in [-0.25, -0.2) is 0 Å². The molecule has 2 rings (SSSR count). The van der Waals surface area contributed by atoms with E-state index in [1.807, 2.05) is 31.2 Å². The lowest BCUT2D eigenvalue weighted by molar-refractivity contribution is -0.384. The molecular formula is C17H18ClN3O3. The van der Waals surface area contributed by atoms with Crippen molar-refractivity contribution in [3.05, 3.63) is 68.7 Å². The molecule has 0 unspecified atom stereocenters. The van der Waals surface area contributed by atoms with Crippen LogP contribution in [-0.4, -0.2) is 29.3 Å². The van der Waals surface area contributed by atoms with Crippen molar-refractivity contribution in [3.8, 4) is 0 Å². The first-order chi connectivity index (χ1) is 11.4. The van der Waals surface area contributed by atoms with Crippen molar-refractivity contribution in [3.63, 3.8) is 0 Å². The fourth-order valence-electron chi connectivity index (χ4n) is 2.29. The summed E-state index contributed by atoms with van der Waals surface area (Å²) in [6, 6.07) is 11.8. The predicted molar refractivity (Wildman–Crippen MR) is 94.2 cm³/mol. The van der Waals surface area contributed by atoms with Gasteiger partial charge < -0.3 is 5.32 Å². The molecule has 2 aromatic rings. The molecule has 0 saturated carbocycles. The summed E-state index contributed by atoms with van der Waals surface area (Å²) in [5.41, 5.74) is 2.34. The number of nitro groups is 1. The molecule has 126 valence electrons. The number of rotatable bonds is 6. The fraction of sp³-hybridized carbons (Fsp3) is 0.235. The van der Waals surface area contributed by atoms with E-state index in [9.17, 15) is 14.9 Å². The molecule has 0 bridgehead atoms. The van der Waals surface area contributed by atoms with Crippen LogP contribution >= 0.6 is 11.6 Å². The number of benzene rings is 2. The molecule has 0 aliphatic rings. The summed E-state index contributed by atoms with van der Waals surface area (Å²) in [5.74, 6) is -0.159. The maximum atomic E-state index is 12.1. The molecule has 0 aliphatic heterocycles. The summed E-state index contributed by atoms with van der Waals surface area (Å²) in [6.45, 7) is 2.40. The molecule has 24 heavy (non-hydrogen) atoms. The van der Waals surface area contributed by atoms with Crippen molar-refractivity contribution < 1.29 is 9.72 Å². The number of non-ortho nitro benzene ring substituents is 1. The second-order valence-corrected chi connectivity index (χ2v) is 5.98. The van der Waals surface area contributed by atoms with Crippen molar-refractivity contribution in [2.24, 2.45) is 0 Å². The number of hydrogen-bond acceptors (Lipinski definition) is 4. The highest BCUT2D eigenvalue weighted by Crippen LogP contribution is 2.23. The van der Waals surface area contributed by atoms with Crippen LogP contribution in [0.25, 0.3) is 0 Å². The molecule has 6 nitrogen and oxygen atoms in total. The summed E-state index contributed by atoms with van der Waals surface area (Å²) in [6.07, 6.45) is 0. The van der Waals surface area contributed by atoms with Gasteiger partial charge in [0, 0.05) is 29.4 Å². The highest BCUT2D eigenvalue weighted by atomic mass is 35.5. The Balaban J connectivity index is 1.99. The monoisotopic (exact) mass is 347 g/mol. The highest BCUT2D eigenvalue weighted by molar-refractivity contribution is 6.31. The number of aryl methyl sites for hydroxylation is 1. The number of anilines is 1. The zero-order valence-corrected chi connectivity index (χ0v) is 14.2. The molecule has 2 aromatic carbocycles. The number of carbonyl (C=O) groups is 1. The van der Waals surface area contributed by atoms with Crippen LogP contribution in [0, 0.1) is 17.0 Å². The Morgan fingerprint density at radius 3 is 2.67 bits per heavy atom. The third-order valence-electron chi connectivity index (χ3n) is 3.51. The van der Waals surface area contributed by atoms with Gasteiger partial charge in [-0.2, -0.15) is 0 Å². The lowest BCUT2D eigenvalue weighted by atomic mass is 10.2. The Kier molecular flexibility index (Phi) is 5.89. The number of carbonyl (C=O) groups excluding carboxylic acids is 1. The number of nitrogens with one attached hydrogen (secondary N) is 1. The van der Waals surface area contributed by atoms with Crippen LogP contribution in [0.2, 0.25) is 5.02 Å². The minimum atomic E-state index is -0.468. The standard InChI is InChI=1S/C17H18ClN3O3/c1-12-5-3-4-6-16(12)19-17(22)11-20(2)10-13-9-14(21(23)24)7-8-15(13)18/h3-9H,10-11H2,1-2H3,(H,19,22). The van der Waals surface area contributed by atoms with Crippen molar-refractivity contribution in [2.75, 3.05) is 18.9 Å². The van der Waals surface area contributed by atoms with E-state index in [0.717, 1.165) is 11.3 Å². The van der Waals surface area contributed by atoms with E-state index >= 15 is 0 Å². The number of nitro benzene ring substituents is 1. The third kappa shape index (κ3) is 4.78. The van der Waals surface area contributed by atoms with Crippen LogP contribution in [0.4, 0.5) is 11.4 Å². The molecule has 0 atom stereocenters. The van der Waals surface area contributed by atoms with Crippen LogP contribution in [0.5, 0.6) is 0 Å². The largest absolute Gasteiger partial charge is 0.325 e. The van der Waals surface area contributed by atoms with Gasteiger partial charge in [0.2, 0.25) is 5.91 Å². The van der Waals surface area contributed by atoms with Gasteiger partial charge in [-0.3, -0.25) is 19.8 Å². The summed E-state index contributed by atoms with van der Waals surface area (Å²) in [7, 11) is 1.76. The first-order valence-electron chi connectivity index (χ1n) is 7.33. The highest BCUT2D eigenvalue weighted by Gasteiger charge is 2.13. The lowest BCUT2D eigenvalue weighted by Crippen LogP contribution is -2.30. The molecule has 0 aliphatic carbocycles. The van der Waals surface area contributed by atoms with Gasteiger partial charge in [-0.15, -0.1) is 0 Å². The number of likely N-dealkylation sites (N-methyl/N-ethyl adjacent to an activating group) is 1. The summed E-state index contributed by atoms with van der Waals surface area (Å²) in [5, 5.41) is 14.1. The van der Waals surface area contributed by atoms with E-state index in [-0.39, 0.29) is 18.1 Å². The molecule has 7 heteroatoms. The van der Waals surface area contributed by atoms with Gasteiger partial charge in [0.05, 0.1) is 11.5 Å². The number of nitrogens with zero attached hydrogens (tertiary/aromatic N) is 2.